The molecule has 18 heavy (non-hydrogen) atoms. The summed E-state index contributed by atoms with van der Waals surface area (Å²) >= 11 is 1.13. The molecule has 0 atom stereocenters. The van der Waals surface area contributed by atoms with Gasteiger partial charge in [0.05, 0.1) is 12.8 Å². The summed E-state index contributed by atoms with van der Waals surface area (Å²) in [7, 11) is 1.32. The zero-order valence-corrected chi connectivity index (χ0v) is 12.1. The van der Waals surface area contributed by atoms with Gasteiger partial charge in [0.15, 0.2) is 5.13 Å². The Balaban J connectivity index is 2.75. The maximum atomic E-state index is 11.7. The van der Waals surface area contributed by atoms with Crippen LogP contribution in [0.15, 0.2) is 0 Å². The minimum atomic E-state index is -0.429. The number of esters is 1. The second-order valence-electron chi connectivity index (χ2n) is 5.21. The third-order valence-corrected chi connectivity index (χ3v) is 3.16. The number of aryl methyl sites for hydroxylation is 1. The number of amides is 1. The maximum Gasteiger partial charge on any atom is 0.350 e. The van der Waals surface area contributed by atoms with E-state index in [4.69, 9.17) is 0 Å². The molecule has 6 heteroatoms. The Labute approximate surface area is 111 Å². The zero-order chi connectivity index (χ0) is 13.9. The fourth-order valence-electron chi connectivity index (χ4n) is 1.38. The Morgan fingerprint density at radius 3 is 2.50 bits per heavy atom. The smallest absolute Gasteiger partial charge is 0.350 e. The first kappa shape index (κ1) is 14.6. The first-order chi connectivity index (χ1) is 8.23. The van der Waals surface area contributed by atoms with Crippen molar-refractivity contribution in [3.8, 4) is 0 Å². The molecule has 1 aromatic rings. The van der Waals surface area contributed by atoms with E-state index in [1.807, 2.05) is 20.8 Å². The van der Waals surface area contributed by atoms with E-state index >= 15 is 0 Å². The van der Waals surface area contributed by atoms with Crippen molar-refractivity contribution < 1.29 is 14.3 Å². The van der Waals surface area contributed by atoms with Crippen LogP contribution in [0.2, 0.25) is 0 Å². The van der Waals surface area contributed by atoms with Crippen LogP contribution in [0.4, 0.5) is 5.13 Å². The van der Waals surface area contributed by atoms with Crippen LogP contribution in [0.3, 0.4) is 0 Å². The highest BCUT2D eigenvalue weighted by molar-refractivity contribution is 7.17. The average molecular weight is 270 g/mol. The van der Waals surface area contributed by atoms with Crippen molar-refractivity contribution in [2.24, 2.45) is 5.41 Å². The summed E-state index contributed by atoms with van der Waals surface area (Å²) < 4.78 is 4.63. The van der Waals surface area contributed by atoms with Gasteiger partial charge < -0.3 is 10.1 Å². The SMILES string of the molecule is COC(=O)c1sc(NC(=O)CC(C)(C)C)nc1C. The van der Waals surface area contributed by atoms with Crippen LogP contribution in [0.5, 0.6) is 0 Å². The molecule has 0 unspecified atom stereocenters. The number of carbonyl (C=O) groups excluding carboxylic acids is 2. The molecular formula is C12H18N2O3S. The number of carbonyl (C=O) groups is 2. The third-order valence-electron chi connectivity index (χ3n) is 2.10. The fourth-order valence-corrected chi connectivity index (χ4v) is 2.28. The van der Waals surface area contributed by atoms with Gasteiger partial charge in [-0.05, 0) is 12.3 Å². The number of anilines is 1. The number of methoxy groups -OCH3 is 1. The van der Waals surface area contributed by atoms with Crippen molar-refractivity contribution >= 4 is 28.3 Å². The number of aromatic nitrogens is 1. The van der Waals surface area contributed by atoms with Crippen molar-refractivity contribution in [3.05, 3.63) is 10.6 Å². The standard InChI is InChI=1S/C12H18N2O3S/c1-7-9(10(16)17-5)18-11(13-7)14-8(15)6-12(2,3)4/h6H2,1-5H3,(H,13,14,15). The second-order valence-corrected chi connectivity index (χ2v) is 6.21. The summed E-state index contributed by atoms with van der Waals surface area (Å²) in [6.45, 7) is 7.67. The molecular weight excluding hydrogens is 252 g/mol. The summed E-state index contributed by atoms with van der Waals surface area (Å²) in [6, 6.07) is 0. The summed E-state index contributed by atoms with van der Waals surface area (Å²) in [5.41, 5.74) is 0.486. The Morgan fingerprint density at radius 1 is 1.39 bits per heavy atom. The first-order valence-electron chi connectivity index (χ1n) is 5.58. The number of hydrogen-bond donors (Lipinski definition) is 1. The van der Waals surface area contributed by atoms with Gasteiger partial charge in [0, 0.05) is 6.42 Å². The Morgan fingerprint density at radius 2 is 2.00 bits per heavy atom. The number of ether oxygens (including phenoxy) is 1. The van der Waals surface area contributed by atoms with Gasteiger partial charge in [-0.3, -0.25) is 4.79 Å². The molecule has 0 fully saturated rings. The molecule has 0 aliphatic heterocycles. The van der Waals surface area contributed by atoms with Crippen LogP contribution in [0.25, 0.3) is 0 Å². The van der Waals surface area contributed by atoms with Gasteiger partial charge in [0.1, 0.15) is 4.88 Å². The van der Waals surface area contributed by atoms with Crippen LogP contribution < -0.4 is 5.32 Å². The number of nitrogens with one attached hydrogen (secondary N) is 1. The summed E-state index contributed by atoms with van der Waals surface area (Å²) in [6.07, 6.45) is 0.402. The van der Waals surface area contributed by atoms with E-state index < -0.39 is 5.97 Å². The summed E-state index contributed by atoms with van der Waals surface area (Å²) in [5, 5.41) is 3.13. The average Bonchev–Trinajstić information content (AvgIpc) is 2.55. The van der Waals surface area contributed by atoms with Gasteiger partial charge in [-0.15, -0.1) is 0 Å². The highest BCUT2D eigenvalue weighted by Gasteiger charge is 2.19. The van der Waals surface area contributed by atoms with Crippen LogP contribution in [0, 0.1) is 12.3 Å². The molecule has 0 bridgehead atoms. The van der Waals surface area contributed by atoms with Gasteiger partial charge in [0.2, 0.25) is 5.91 Å². The molecule has 0 aromatic carbocycles. The molecule has 1 amide bonds. The first-order valence-corrected chi connectivity index (χ1v) is 6.40. The van der Waals surface area contributed by atoms with Gasteiger partial charge in [0.25, 0.3) is 0 Å². The van der Waals surface area contributed by atoms with E-state index in [9.17, 15) is 9.59 Å². The normalized spacial score (nSPS) is 11.2. The van der Waals surface area contributed by atoms with Crippen LogP contribution in [0.1, 0.15) is 42.6 Å². The largest absolute Gasteiger partial charge is 0.465 e. The minimum absolute atomic E-state index is 0.0818. The zero-order valence-electron chi connectivity index (χ0n) is 11.3. The number of rotatable bonds is 3. The molecule has 100 valence electrons. The maximum absolute atomic E-state index is 11.7. The number of nitrogens with zero attached hydrogens (tertiary/aromatic N) is 1. The van der Waals surface area contributed by atoms with Crippen LogP contribution >= 0.6 is 11.3 Å². The molecule has 1 N–H and O–H groups in total. The fraction of sp³-hybridized carbons (Fsp3) is 0.583. The van der Waals surface area contributed by atoms with Crippen molar-refractivity contribution in [2.75, 3.05) is 12.4 Å². The Kier molecular flexibility index (Phi) is 4.45. The van der Waals surface area contributed by atoms with Gasteiger partial charge >= 0.3 is 5.97 Å². The van der Waals surface area contributed by atoms with Crippen molar-refractivity contribution in [2.45, 2.75) is 34.1 Å². The molecule has 0 aliphatic rings. The molecule has 0 aliphatic carbocycles. The molecule has 5 nitrogen and oxygen atoms in total. The van der Waals surface area contributed by atoms with E-state index in [1.54, 1.807) is 6.92 Å². The molecule has 0 spiro atoms. The Bertz CT molecular complexity index is 460. The molecule has 1 aromatic heterocycles. The third kappa shape index (κ3) is 4.10. The highest BCUT2D eigenvalue weighted by Crippen LogP contribution is 2.25. The second kappa shape index (κ2) is 5.48. The van der Waals surface area contributed by atoms with E-state index in [0.717, 1.165) is 11.3 Å². The van der Waals surface area contributed by atoms with Crippen molar-refractivity contribution in [3.63, 3.8) is 0 Å². The van der Waals surface area contributed by atoms with Gasteiger partial charge in [-0.2, -0.15) is 0 Å². The lowest BCUT2D eigenvalue weighted by atomic mass is 9.92. The lowest BCUT2D eigenvalue weighted by Gasteiger charge is -2.16. The highest BCUT2D eigenvalue weighted by atomic mass is 32.1. The lowest BCUT2D eigenvalue weighted by molar-refractivity contribution is -0.117. The van der Waals surface area contributed by atoms with E-state index in [2.05, 4.69) is 15.0 Å². The van der Waals surface area contributed by atoms with E-state index in [0.29, 0.717) is 22.1 Å². The number of thiazole rings is 1. The van der Waals surface area contributed by atoms with E-state index in [1.165, 1.54) is 7.11 Å². The van der Waals surface area contributed by atoms with Gasteiger partial charge in [-0.1, -0.05) is 32.1 Å². The number of hydrogen-bond acceptors (Lipinski definition) is 5. The predicted molar refractivity (Wildman–Crippen MR) is 70.9 cm³/mol. The molecule has 0 saturated heterocycles. The minimum Gasteiger partial charge on any atom is -0.465 e. The quantitative estimate of drug-likeness (QED) is 0.857. The molecule has 1 heterocycles. The Hall–Kier alpha value is -1.43. The van der Waals surface area contributed by atoms with E-state index in [-0.39, 0.29) is 11.3 Å². The molecule has 1 rings (SSSR count). The van der Waals surface area contributed by atoms with Crippen molar-refractivity contribution in [1.29, 1.82) is 0 Å². The molecule has 0 radical (unpaired) electrons. The monoisotopic (exact) mass is 270 g/mol. The summed E-state index contributed by atoms with van der Waals surface area (Å²) in [5.74, 6) is -0.533. The lowest BCUT2D eigenvalue weighted by Crippen LogP contribution is -2.19. The van der Waals surface area contributed by atoms with Crippen LogP contribution in [-0.2, 0) is 9.53 Å². The predicted octanol–water partition coefficient (Wildman–Crippen LogP) is 2.61. The summed E-state index contributed by atoms with van der Waals surface area (Å²) in [4.78, 5) is 27.7. The van der Waals surface area contributed by atoms with Crippen LogP contribution in [-0.4, -0.2) is 24.0 Å². The van der Waals surface area contributed by atoms with Crippen molar-refractivity contribution in [1.82, 2.24) is 4.98 Å². The topological polar surface area (TPSA) is 68.3 Å². The molecule has 0 saturated carbocycles. The van der Waals surface area contributed by atoms with Gasteiger partial charge in [-0.25, -0.2) is 9.78 Å².